The van der Waals surface area contributed by atoms with Gasteiger partial charge in [0.05, 0.1) is 17.4 Å². The summed E-state index contributed by atoms with van der Waals surface area (Å²) in [6.07, 6.45) is 5.89. The zero-order chi connectivity index (χ0) is 15.6. The van der Waals surface area contributed by atoms with E-state index in [0.29, 0.717) is 0 Å². The van der Waals surface area contributed by atoms with Gasteiger partial charge < -0.3 is 4.74 Å². The standard InChI is InChI=1S/C20H28NO/c1-4-20(5-2,6-3)18-13-12-16-10-9-11-17-19(16)21(18)14-7-8-15-22-17/h9-13H,4-8,14-15H2,1-3H3/q+1. The van der Waals surface area contributed by atoms with E-state index in [1.807, 2.05) is 0 Å². The lowest BCUT2D eigenvalue weighted by atomic mass is 9.76. The second-order valence-electron chi connectivity index (χ2n) is 6.46. The van der Waals surface area contributed by atoms with Gasteiger partial charge in [0.1, 0.15) is 6.54 Å². The fourth-order valence-corrected chi connectivity index (χ4v) is 4.00. The monoisotopic (exact) mass is 298 g/mol. The Bertz CT molecular complexity index is 650. The Kier molecular flexibility index (Phi) is 4.37. The van der Waals surface area contributed by atoms with Gasteiger partial charge in [-0.3, -0.25) is 0 Å². The molecule has 2 heterocycles. The highest BCUT2D eigenvalue weighted by atomic mass is 16.5. The van der Waals surface area contributed by atoms with Crippen molar-refractivity contribution in [3.8, 4) is 5.75 Å². The van der Waals surface area contributed by atoms with Gasteiger partial charge in [-0.2, -0.15) is 4.57 Å². The van der Waals surface area contributed by atoms with Crippen molar-refractivity contribution < 1.29 is 9.30 Å². The number of ether oxygens (including phenoxy) is 1. The molecule has 0 bridgehead atoms. The zero-order valence-corrected chi connectivity index (χ0v) is 14.2. The summed E-state index contributed by atoms with van der Waals surface area (Å²) in [5.41, 5.74) is 3.06. The van der Waals surface area contributed by atoms with Crippen molar-refractivity contribution in [3.63, 3.8) is 0 Å². The summed E-state index contributed by atoms with van der Waals surface area (Å²) in [6, 6.07) is 11.1. The van der Waals surface area contributed by atoms with E-state index in [1.54, 1.807) is 0 Å². The van der Waals surface area contributed by atoms with Crippen LogP contribution in [0.4, 0.5) is 0 Å². The second-order valence-corrected chi connectivity index (χ2v) is 6.46. The van der Waals surface area contributed by atoms with Crippen LogP contribution < -0.4 is 9.30 Å². The largest absolute Gasteiger partial charge is 0.487 e. The highest BCUT2D eigenvalue weighted by Gasteiger charge is 2.36. The molecule has 0 N–H and O–H groups in total. The molecule has 0 amide bonds. The van der Waals surface area contributed by atoms with Gasteiger partial charge in [0.25, 0.3) is 5.52 Å². The van der Waals surface area contributed by atoms with E-state index >= 15 is 0 Å². The first-order chi connectivity index (χ1) is 10.8. The summed E-state index contributed by atoms with van der Waals surface area (Å²) >= 11 is 0. The van der Waals surface area contributed by atoms with Gasteiger partial charge >= 0.3 is 0 Å². The van der Waals surface area contributed by atoms with E-state index in [4.69, 9.17) is 4.74 Å². The van der Waals surface area contributed by atoms with E-state index in [-0.39, 0.29) is 5.41 Å². The molecule has 22 heavy (non-hydrogen) atoms. The normalized spacial score (nSPS) is 15.2. The van der Waals surface area contributed by atoms with Crippen LogP contribution in [0.25, 0.3) is 10.9 Å². The van der Waals surface area contributed by atoms with Crippen molar-refractivity contribution in [2.24, 2.45) is 0 Å². The van der Waals surface area contributed by atoms with Crippen LogP contribution in [0.15, 0.2) is 30.3 Å². The second kappa shape index (κ2) is 6.28. The maximum Gasteiger partial charge on any atom is 0.255 e. The first-order valence-electron chi connectivity index (χ1n) is 8.84. The molecule has 2 nitrogen and oxygen atoms in total. The summed E-state index contributed by atoms with van der Waals surface area (Å²) in [7, 11) is 0. The average molecular weight is 298 g/mol. The maximum absolute atomic E-state index is 6.05. The van der Waals surface area contributed by atoms with Crippen molar-refractivity contribution in [3.05, 3.63) is 36.0 Å². The van der Waals surface area contributed by atoms with Gasteiger partial charge in [-0.15, -0.1) is 0 Å². The van der Waals surface area contributed by atoms with Crippen LogP contribution >= 0.6 is 0 Å². The summed E-state index contributed by atoms with van der Waals surface area (Å²) in [5, 5.41) is 1.29. The lowest BCUT2D eigenvalue weighted by Crippen LogP contribution is -2.47. The van der Waals surface area contributed by atoms with E-state index in [0.717, 1.165) is 25.3 Å². The fraction of sp³-hybridized carbons (Fsp3) is 0.550. The number of pyridine rings is 1. The zero-order valence-electron chi connectivity index (χ0n) is 14.2. The van der Waals surface area contributed by atoms with Gasteiger partial charge in [0, 0.05) is 12.5 Å². The van der Waals surface area contributed by atoms with Crippen LogP contribution in [-0.4, -0.2) is 6.61 Å². The Morgan fingerprint density at radius 2 is 1.77 bits per heavy atom. The number of benzene rings is 1. The third-order valence-electron chi connectivity index (χ3n) is 5.62. The third-order valence-corrected chi connectivity index (χ3v) is 5.62. The van der Waals surface area contributed by atoms with E-state index in [1.165, 1.54) is 42.3 Å². The molecule has 118 valence electrons. The molecular weight excluding hydrogens is 270 g/mol. The first-order valence-corrected chi connectivity index (χ1v) is 8.84. The van der Waals surface area contributed by atoms with E-state index in [2.05, 4.69) is 55.7 Å². The fourth-order valence-electron chi connectivity index (χ4n) is 4.00. The Labute approximate surface area is 134 Å². The summed E-state index contributed by atoms with van der Waals surface area (Å²) < 4.78 is 8.60. The number of hydrogen-bond donors (Lipinski definition) is 0. The predicted molar refractivity (Wildman–Crippen MR) is 91.4 cm³/mol. The topological polar surface area (TPSA) is 13.1 Å². The Hall–Kier alpha value is -1.57. The quantitative estimate of drug-likeness (QED) is 0.741. The highest BCUT2D eigenvalue weighted by Crippen LogP contribution is 2.35. The van der Waals surface area contributed by atoms with Gasteiger partial charge in [0.2, 0.25) is 0 Å². The van der Waals surface area contributed by atoms with Crippen molar-refractivity contribution in [1.82, 2.24) is 0 Å². The van der Waals surface area contributed by atoms with Crippen molar-refractivity contribution in [2.45, 2.75) is 64.8 Å². The SMILES string of the molecule is CCC(CC)(CC)c1ccc2cccc3c2[n+]1CCCCO3. The number of rotatable bonds is 4. The molecule has 0 saturated heterocycles. The number of hydrogen-bond acceptors (Lipinski definition) is 1. The molecule has 0 unspecified atom stereocenters. The van der Waals surface area contributed by atoms with Gasteiger partial charge in [-0.25, -0.2) is 0 Å². The molecule has 1 aliphatic heterocycles. The highest BCUT2D eigenvalue weighted by molar-refractivity contribution is 5.81. The summed E-state index contributed by atoms with van der Waals surface area (Å²) in [6.45, 7) is 8.93. The molecule has 0 aliphatic carbocycles. The molecule has 0 spiro atoms. The van der Waals surface area contributed by atoms with E-state index in [9.17, 15) is 0 Å². The number of nitrogens with zero attached hydrogens (tertiary/aromatic N) is 1. The molecule has 0 radical (unpaired) electrons. The molecule has 1 aliphatic rings. The third kappa shape index (κ3) is 2.39. The van der Waals surface area contributed by atoms with Crippen LogP contribution in [0.1, 0.15) is 58.6 Å². The Morgan fingerprint density at radius 3 is 2.50 bits per heavy atom. The summed E-state index contributed by atoms with van der Waals surface area (Å²) in [5.74, 6) is 1.05. The maximum atomic E-state index is 6.05. The molecule has 2 heteroatoms. The minimum absolute atomic E-state index is 0.278. The number of aromatic nitrogens is 1. The van der Waals surface area contributed by atoms with Crippen molar-refractivity contribution >= 4 is 10.9 Å². The minimum atomic E-state index is 0.278. The lowest BCUT2D eigenvalue weighted by Gasteiger charge is -2.29. The van der Waals surface area contributed by atoms with Crippen LogP contribution in [-0.2, 0) is 12.0 Å². The van der Waals surface area contributed by atoms with E-state index < -0.39 is 0 Å². The molecular formula is C20H28NO+. The Morgan fingerprint density at radius 1 is 1.00 bits per heavy atom. The van der Waals surface area contributed by atoms with Crippen LogP contribution in [0.3, 0.4) is 0 Å². The van der Waals surface area contributed by atoms with Gasteiger partial charge in [-0.05, 0) is 43.9 Å². The smallest absolute Gasteiger partial charge is 0.255 e. The number of para-hydroxylation sites is 1. The molecule has 1 aromatic heterocycles. The average Bonchev–Trinajstić information content (AvgIpc) is 2.54. The minimum Gasteiger partial charge on any atom is -0.487 e. The molecule has 0 fully saturated rings. The lowest BCUT2D eigenvalue weighted by molar-refractivity contribution is -0.684. The first kappa shape index (κ1) is 15.3. The molecule has 1 aromatic carbocycles. The van der Waals surface area contributed by atoms with Crippen molar-refractivity contribution in [1.29, 1.82) is 0 Å². The number of aryl methyl sites for hydroxylation is 1. The molecule has 0 saturated carbocycles. The predicted octanol–water partition coefficient (Wildman–Crippen LogP) is 4.77. The molecule has 2 aromatic rings. The van der Waals surface area contributed by atoms with Crippen LogP contribution in [0.5, 0.6) is 5.75 Å². The molecule has 3 rings (SSSR count). The van der Waals surface area contributed by atoms with Gasteiger partial charge in [-0.1, -0.05) is 26.8 Å². The van der Waals surface area contributed by atoms with Gasteiger partial charge in [0.15, 0.2) is 11.4 Å². The summed E-state index contributed by atoms with van der Waals surface area (Å²) in [4.78, 5) is 0. The van der Waals surface area contributed by atoms with Crippen molar-refractivity contribution in [2.75, 3.05) is 6.61 Å². The van der Waals surface area contributed by atoms with Crippen LogP contribution in [0.2, 0.25) is 0 Å². The Balaban J connectivity index is 2.31. The molecule has 0 atom stereocenters. The van der Waals surface area contributed by atoms with Crippen LogP contribution in [0, 0.1) is 0 Å².